The molecule has 2 fully saturated rings. The first-order chi connectivity index (χ1) is 10.9. The number of carbonyl (C=O) groups excluding carboxylic acids is 1. The van der Waals surface area contributed by atoms with Crippen LogP contribution >= 0.6 is 0 Å². The van der Waals surface area contributed by atoms with Crippen molar-refractivity contribution in [2.24, 2.45) is 5.41 Å². The maximum Gasteiger partial charge on any atom is 0.435 e. The molecule has 1 aromatic rings. The summed E-state index contributed by atoms with van der Waals surface area (Å²) < 4.78 is 6.95. The van der Waals surface area contributed by atoms with E-state index in [4.69, 9.17) is 4.74 Å². The Balaban J connectivity index is 1.95. The lowest BCUT2D eigenvalue weighted by atomic mass is 9.30. The van der Waals surface area contributed by atoms with Crippen LogP contribution in [0.1, 0.15) is 79.3 Å². The fourth-order valence-electron chi connectivity index (χ4n) is 3.95. The summed E-state index contributed by atoms with van der Waals surface area (Å²) in [6.45, 7) is 15.6. The SMILES string of the molecule is CC(C)(C)OC(=O)n1cc(B2CCC(C)(C)C2(C)C)c(C2CC2)n1. The molecule has 1 aliphatic carbocycles. The Morgan fingerprint density at radius 3 is 2.38 bits per heavy atom. The Morgan fingerprint density at radius 2 is 1.92 bits per heavy atom. The average molecular weight is 330 g/mol. The van der Waals surface area contributed by atoms with Crippen LogP contribution in [0.15, 0.2) is 6.20 Å². The summed E-state index contributed by atoms with van der Waals surface area (Å²) in [4.78, 5) is 12.5. The van der Waals surface area contributed by atoms with Gasteiger partial charge in [-0.2, -0.15) is 9.78 Å². The van der Waals surface area contributed by atoms with E-state index in [1.165, 1.54) is 35.7 Å². The van der Waals surface area contributed by atoms with Gasteiger partial charge in [-0.3, -0.25) is 0 Å². The average Bonchev–Trinajstić information content (AvgIpc) is 3.12. The molecule has 0 spiro atoms. The van der Waals surface area contributed by atoms with Gasteiger partial charge >= 0.3 is 6.09 Å². The molecule has 0 radical (unpaired) electrons. The summed E-state index contributed by atoms with van der Waals surface area (Å²) >= 11 is 0. The first-order valence-corrected chi connectivity index (χ1v) is 9.25. The molecule has 24 heavy (non-hydrogen) atoms. The second-order valence-corrected chi connectivity index (χ2v) is 9.87. The minimum absolute atomic E-state index is 0.193. The molecule has 0 aromatic carbocycles. The molecular weight excluding hydrogens is 299 g/mol. The van der Waals surface area contributed by atoms with Gasteiger partial charge in [0, 0.05) is 12.1 Å². The fourth-order valence-corrected chi connectivity index (χ4v) is 3.95. The van der Waals surface area contributed by atoms with Gasteiger partial charge in [-0.15, -0.1) is 0 Å². The Bertz CT molecular complexity index is 651. The highest BCUT2D eigenvalue weighted by atomic mass is 16.6. The van der Waals surface area contributed by atoms with Gasteiger partial charge in [0.05, 0.1) is 5.69 Å². The Hall–Kier alpha value is -1.26. The molecule has 0 bridgehead atoms. The lowest BCUT2D eigenvalue weighted by Crippen LogP contribution is -2.41. The molecule has 4 nitrogen and oxygen atoms in total. The van der Waals surface area contributed by atoms with Crippen LogP contribution in [0.3, 0.4) is 0 Å². The Morgan fingerprint density at radius 1 is 1.29 bits per heavy atom. The first kappa shape index (κ1) is 17.6. The smallest absolute Gasteiger partial charge is 0.435 e. The van der Waals surface area contributed by atoms with E-state index in [1.54, 1.807) is 0 Å². The Kier molecular flexibility index (Phi) is 3.93. The molecular formula is C19H31BN2O2. The topological polar surface area (TPSA) is 44.1 Å². The van der Waals surface area contributed by atoms with Crippen molar-refractivity contribution in [2.75, 3.05) is 0 Å². The number of ether oxygens (including phenoxy) is 1. The third-order valence-corrected chi connectivity index (χ3v) is 6.37. The molecule has 0 N–H and O–H groups in total. The summed E-state index contributed by atoms with van der Waals surface area (Å²) in [5.41, 5.74) is 2.21. The van der Waals surface area contributed by atoms with Gasteiger partial charge in [-0.25, -0.2) is 4.79 Å². The molecule has 0 unspecified atom stereocenters. The van der Waals surface area contributed by atoms with Crippen molar-refractivity contribution >= 4 is 18.3 Å². The van der Waals surface area contributed by atoms with Gasteiger partial charge in [-0.05, 0) is 49.8 Å². The van der Waals surface area contributed by atoms with Gasteiger partial charge in [-0.1, -0.05) is 40.4 Å². The van der Waals surface area contributed by atoms with Crippen molar-refractivity contribution in [3.63, 3.8) is 0 Å². The van der Waals surface area contributed by atoms with E-state index in [-0.39, 0.29) is 11.4 Å². The molecule has 132 valence electrons. The van der Waals surface area contributed by atoms with E-state index in [0.717, 1.165) is 5.69 Å². The molecule has 3 rings (SSSR count). The van der Waals surface area contributed by atoms with Crippen molar-refractivity contribution in [3.8, 4) is 0 Å². The number of hydrogen-bond acceptors (Lipinski definition) is 3. The van der Waals surface area contributed by atoms with Gasteiger partial charge in [0.25, 0.3) is 0 Å². The molecule has 1 aromatic heterocycles. The monoisotopic (exact) mass is 330 g/mol. The standard InChI is InChI=1S/C19H31BN2O2/c1-17(2,3)24-16(23)22-12-14(15(21-22)13-8-9-13)20-11-10-18(4,5)19(20,6)7/h12-13H,8-11H2,1-7H3. The summed E-state index contributed by atoms with van der Waals surface area (Å²) in [6.07, 6.45) is 6.34. The van der Waals surface area contributed by atoms with Crippen LogP contribution in [0.4, 0.5) is 4.79 Å². The predicted octanol–water partition coefficient (Wildman–Crippen LogP) is 4.46. The van der Waals surface area contributed by atoms with E-state index in [9.17, 15) is 4.79 Å². The minimum Gasteiger partial charge on any atom is -0.442 e. The molecule has 2 heterocycles. The number of nitrogens with zero attached hydrogens (tertiary/aromatic N) is 2. The van der Waals surface area contributed by atoms with E-state index >= 15 is 0 Å². The molecule has 0 atom stereocenters. The largest absolute Gasteiger partial charge is 0.442 e. The third-order valence-electron chi connectivity index (χ3n) is 6.37. The molecule has 5 heteroatoms. The van der Waals surface area contributed by atoms with Crippen LogP contribution in [0.5, 0.6) is 0 Å². The van der Waals surface area contributed by atoms with Crippen LogP contribution in [0.25, 0.3) is 0 Å². The van der Waals surface area contributed by atoms with E-state index < -0.39 is 5.60 Å². The highest BCUT2D eigenvalue weighted by Crippen LogP contribution is 2.57. The lowest BCUT2D eigenvalue weighted by molar-refractivity contribution is 0.0514. The van der Waals surface area contributed by atoms with Crippen LogP contribution in [-0.2, 0) is 4.74 Å². The molecule has 1 saturated carbocycles. The predicted molar refractivity (Wildman–Crippen MR) is 98.5 cm³/mol. The summed E-state index contributed by atoms with van der Waals surface area (Å²) in [5, 5.41) is 4.85. The van der Waals surface area contributed by atoms with Gasteiger partial charge in [0.2, 0.25) is 0 Å². The highest BCUT2D eigenvalue weighted by molar-refractivity contribution is 6.77. The third kappa shape index (κ3) is 3.02. The fraction of sp³-hybridized carbons (Fsp3) is 0.789. The van der Waals surface area contributed by atoms with E-state index in [1.807, 2.05) is 27.0 Å². The molecule has 1 aliphatic heterocycles. The molecule has 2 aliphatic rings. The molecule has 1 saturated heterocycles. The van der Waals surface area contributed by atoms with E-state index in [0.29, 0.717) is 18.0 Å². The highest BCUT2D eigenvalue weighted by Gasteiger charge is 2.52. The maximum absolute atomic E-state index is 12.5. The van der Waals surface area contributed by atoms with Gasteiger partial charge in [0.1, 0.15) is 5.60 Å². The summed E-state index contributed by atoms with van der Waals surface area (Å²) in [5.74, 6) is 0.531. The summed E-state index contributed by atoms with van der Waals surface area (Å²) in [6, 6.07) is 0. The van der Waals surface area contributed by atoms with Crippen LogP contribution in [0, 0.1) is 5.41 Å². The second kappa shape index (κ2) is 5.37. The number of hydrogen-bond donors (Lipinski definition) is 0. The van der Waals surface area contributed by atoms with Gasteiger partial charge < -0.3 is 4.74 Å². The number of rotatable bonds is 2. The van der Waals surface area contributed by atoms with Crippen molar-refractivity contribution in [2.45, 2.75) is 90.9 Å². The zero-order chi connectivity index (χ0) is 17.9. The van der Waals surface area contributed by atoms with Gasteiger partial charge in [0.15, 0.2) is 6.71 Å². The van der Waals surface area contributed by atoms with E-state index in [2.05, 4.69) is 32.8 Å². The van der Waals surface area contributed by atoms with Crippen LogP contribution < -0.4 is 5.46 Å². The summed E-state index contributed by atoms with van der Waals surface area (Å²) in [7, 11) is 0. The van der Waals surface area contributed by atoms with Crippen molar-refractivity contribution < 1.29 is 9.53 Å². The maximum atomic E-state index is 12.5. The van der Waals surface area contributed by atoms with Crippen molar-refractivity contribution in [1.82, 2.24) is 9.78 Å². The van der Waals surface area contributed by atoms with Crippen LogP contribution in [-0.4, -0.2) is 28.2 Å². The molecule has 0 amide bonds. The normalized spacial score (nSPS) is 22.7. The first-order valence-electron chi connectivity index (χ1n) is 9.25. The number of aromatic nitrogens is 2. The minimum atomic E-state index is -0.502. The second-order valence-electron chi connectivity index (χ2n) is 9.87. The number of carbonyl (C=O) groups is 1. The van der Waals surface area contributed by atoms with Crippen molar-refractivity contribution in [3.05, 3.63) is 11.9 Å². The quantitative estimate of drug-likeness (QED) is 0.752. The zero-order valence-electron chi connectivity index (χ0n) is 16.3. The Labute approximate surface area is 146 Å². The van der Waals surface area contributed by atoms with Crippen LogP contribution in [0.2, 0.25) is 11.6 Å². The lowest BCUT2D eigenvalue weighted by Gasteiger charge is -2.38. The van der Waals surface area contributed by atoms with Crippen molar-refractivity contribution in [1.29, 1.82) is 0 Å². The zero-order valence-corrected chi connectivity index (χ0v) is 16.3.